The van der Waals surface area contributed by atoms with Crippen molar-refractivity contribution in [2.75, 3.05) is 0 Å². The van der Waals surface area contributed by atoms with Gasteiger partial charge < -0.3 is 4.74 Å². The van der Waals surface area contributed by atoms with Crippen LogP contribution in [0.15, 0.2) is 59.8 Å². The van der Waals surface area contributed by atoms with Crippen molar-refractivity contribution in [3.8, 4) is 11.4 Å². The quantitative estimate of drug-likeness (QED) is 0.380. The van der Waals surface area contributed by atoms with Gasteiger partial charge in [0.15, 0.2) is 16.8 Å². The zero-order chi connectivity index (χ0) is 20.8. The molecule has 0 N–H and O–H groups in total. The topological polar surface area (TPSA) is 83.5 Å². The van der Waals surface area contributed by atoms with E-state index in [0.29, 0.717) is 12.4 Å². The molecule has 2 aromatic carbocycles. The third kappa shape index (κ3) is 4.51. The van der Waals surface area contributed by atoms with Crippen LogP contribution in [0.5, 0.6) is 5.75 Å². The third-order valence-corrected chi connectivity index (χ3v) is 5.46. The predicted octanol–water partition coefficient (Wildman–Crippen LogP) is 3.84. The highest BCUT2D eigenvalue weighted by atomic mass is 32.2. The molecule has 0 aliphatic heterocycles. The van der Waals surface area contributed by atoms with Crippen LogP contribution in [0.3, 0.4) is 0 Å². The van der Waals surface area contributed by atoms with Gasteiger partial charge >= 0.3 is 0 Å². The van der Waals surface area contributed by atoms with Gasteiger partial charge in [-0.2, -0.15) is 0 Å². The molecule has 0 atom stereocenters. The van der Waals surface area contributed by atoms with Crippen molar-refractivity contribution >= 4 is 11.8 Å². The van der Waals surface area contributed by atoms with Gasteiger partial charge in [0.25, 0.3) is 0 Å². The summed E-state index contributed by atoms with van der Waals surface area (Å²) in [5.41, 5.74) is 2.07. The number of tetrazole rings is 1. The number of hydrogen-bond donors (Lipinski definition) is 0. The summed E-state index contributed by atoms with van der Waals surface area (Å²) in [5.74, 6) is 3.01. The molecular weight excluding hydrogens is 398 g/mol. The van der Waals surface area contributed by atoms with Gasteiger partial charge in [0.2, 0.25) is 0 Å². The van der Waals surface area contributed by atoms with Gasteiger partial charge in [-0.25, -0.2) is 4.68 Å². The maximum Gasteiger partial charge on any atom is 0.196 e. The molecule has 0 spiro atoms. The average Bonchev–Trinajstić information content (AvgIpc) is 3.39. The van der Waals surface area contributed by atoms with E-state index in [0.717, 1.165) is 46.8 Å². The number of aromatic nitrogens is 7. The van der Waals surface area contributed by atoms with E-state index in [2.05, 4.69) is 32.6 Å². The second-order valence-electron chi connectivity index (χ2n) is 6.73. The van der Waals surface area contributed by atoms with Gasteiger partial charge in [-0.1, -0.05) is 55.1 Å². The maximum absolute atomic E-state index is 6.03. The molecule has 0 aliphatic carbocycles. The molecule has 2 aromatic heterocycles. The maximum atomic E-state index is 6.03. The van der Waals surface area contributed by atoms with Crippen molar-refractivity contribution < 1.29 is 4.74 Å². The van der Waals surface area contributed by atoms with E-state index < -0.39 is 0 Å². The van der Waals surface area contributed by atoms with Crippen LogP contribution in [-0.2, 0) is 18.9 Å². The van der Waals surface area contributed by atoms with Crippen molar-refractivity contribution in [1.29, 1.82) is 0 Å². The Morgan fingerprint density at radius 1 is 0.933 bits per heavy atom. The minimum atomic E-state index is 0.320. The highest BCUT2D eigenvalue weighted by Gasteiger charge is 2.17. The number of hydrogen-bond acceptors (Lipinski definition) is 7. The first kappa shape index (κ1) is 20.1. The molecule has 4 aromatic rings. The van der Waals surface area contributed by atoms with Crippen LogP contribution in [0.1, 0.15) is 30.6 Å². The molecule has 0 saturated carbocycles. The standard InChI is InChI=1S/C21H23N7OS/c1-3-13-27-20(23-25-26-27)15-30-21-24-22-19(28(21)17-10-5-4-6-11-17)14-29-18-12-8-7-9-16(18)2/h4-12H,3,13-15H2,1-2H3. The summed E-state index contributed by atoms with van der Waals surface area (Å²) in [7, 11) is 0. The van der Waals surface area contributed by atoms with Gasteiger partial charge in [-0.15, -0.1) is 15.3 Å². The average molecular weight is 422 g/mol. The van der Waals surface area contributed by atoms with E-state index in [-0.39, 0.29) is 0 Å². The van der Waals surface area contributed by atoms with E-state index in [1.54, 1.807) is 11.8 Å². The summed E-state index contributed by atoms with van der Waals surface area (Å²) < 4.78 is 9.89. The zero-order valence-electron chi connectivity index (χ0n) is 17.0. The number of rotatable bonds is 9. The molecule has 0 bridgehead atoms. The smallest absolute Gasteiger partial charge is 0.196 e. The molecule has 0 amide bonds. The van der Waals surface area contributed by atoms with E-state index in [1.165, 1.54) is 0 Å². The van der Waals surface area contributed by atoms with Crippen molar-refractivity contribution in [1.82, 2.24) is 35.0 Å². The Hall–Kier alpha value is -3.20. The summed E-state index contributed by atoms with van der Waals surface area (Å²) in [6, 6.07) is 18.0. The van der Waals surface area contributed by atoms with Crippen molar-refractivity contribution in [2.24, 2.45) is 0 Å². The van der Waals surface area contributed by atoms with Crippen LogP contribution < -0.4 is 4.74 Å². The number of benzene rings is 2. The summed E-state index contributed by atoms with van der Waals surface area (Å²) in [6.07, 6.45) is 0.975. The van der Waals surface area contributed by atoms with Gasteiger partial charge in [-0.3, -0.25) is 4.57 Å². The number of ether oxygens (including phenoxy) is 1. The fourth-order valence-electron chi connectivity index (χ4n) is 3.03. The fraction of sp³-hybridized carbons (Fsp3) is 0.286. The largest absolute Gasteiger partial charge is 0.485 e. The minimum Gasteiger partial charge on any atom is -0.485 e. The second-order valence-corrected chi connectivity index (χ2v) is 7.67. The van der Waals surface area contributed by atoms with Crippen LogP contribution in [0.2, 0.25) is 0 Å². The lowest BCUT2D eigenvalue weighted by molar-refractivity contribution is 0.291. The van der Waals surface area contributed by atoms with Crippen LogP contribution >= 0.6 is 11.8 Å². The van der Waals surface area contributed by atoms with Gasteiger partial charge in [0.05, 0.1) is 5.75 Å². The number of aryl methyl sites for hydroxylation is 2. The van der Waals surface area contributed by atoms with Gasteiger partial charge in [0, 0.05) is 12.2 Å². The Kier molecular flexibility index (Phi) is 6.38. The molecule has 30 heavy (non-hydrogen) atoms. The van der Waals surface area contributed by atoms with E-state index >= 15 is 0 Å². The molecule has 154 valence electrons. The first-order valence-corrected chi connectivity index (χ1v) is 10.8. The van der Waals surface area contributed by atoms with Crippen molar-refractivity contribution in [2.45, 2.75) is 44.3 Å². The molecule has 0 unspecified atom stereocenters. The Balaban J connectivity index is 1.57. The lowest BCUT2D eigenvalue weighted by Crippen LogP contribution is -2.08. The third-order valence-electron chi connectivity index (χ3n) is 4.54. The van der Waals surface area contributed by atoms with Gasteiger partial charge in [-0.05, 0) is 47.5 Å². The van der Waals surface area contributed by atoms with E-state index in [9.17, 15) is 0 Å². The molecule has 2 heterocycles. The first-order valence-electron chi connectivity index (χ1n) is 9.82. The number of thioether (sulfide) groups is 1. The summed E-state index contributed by atoms with van der Waals surface area (Å²) >= 11 is 1.56. The van der Waals surface area contributed by atoms with Crippen LogP contribution in [0, 0.1) is 6.92 Å². The highest BCUT2D eigenvalue weighted by molar-refractivity contribution is 7.98. The molecule has 0 saturated heterocycles. The summed E-state index contributed by atoms with van der Waals surface area (Å²) in [6.45, 7) is 5.25. The molecule has 0 fully saturated rings. The van der Waals surface area contributed by atoms with E-state index in [4.69, 9.17) is 4.74 Å². The molecule has 8 nitrogen and oxygen atoms in total. The van der Waals surface area contributed by atoms with E-state index in [1.807, 2.05) is 70.8 Å². The molecule has 0 aliphatic rings. The fourth-order valence-corrected chi connectivity index (χ4v) is 3.93. The Bertz CT molecular complexity index is 1090. The number of nitrogens with zero attached hydrogens (tertiary/aromatic N) is 7. The second kappa shape index (κ2) is 9.53. The van der Waals surface area contributed by atoms with Crippen molar-refractivity contribution in [3.05, 3.63) is 71.8 Å². The lowest BCUT2D eigenvalue weighted by Gasteiger charge is -2.12. The molecule has 9 heteroatoms. The lowest BCUT2D eigenvalue weighted by atomic mass is 10.2. The molecule has 0 radical (unpaired) electrons. The highest BCUT2D eigenvalue weighted by Crippen LogP contribution is 2.26. The predicted molar refractivity (Wildman–Crippen MR) is 115 cm³/mol. The normalized spacial score (nSPS) is 11.0. The van der Waals surface area contributed by atoms with Crippen LogP contribution in [0.4, 0.5) is 0 Å². The van der Waals surface area contributed by atoms with Crippen molar-refractivity contribution in [3.63, 3.8) is 0 Å². The first-order chi connectivity index (χ1) is 14.8. The summed E-state index contributed by atoms with van der Waals surface area (Å²) in [4.78, 5) is 0. The SMILES string of the molecule is CCCn1nnnc1CSc1nnc(COc2ccccc2C)n1-c1ccccc1. The molecule has 4 rings (SSSR count). The monoisotopic (exact) mass is 421 g/mol. The Morgan fingerprint density at radius 2 is 1.73 bits per heavy atom. The zero-order valence-corrected chi connectivity index (χ0v) is 17.8. The van der Waals surface area contributed by atoms with Crippen LogP contribution in [-0.4, -0.2) is 35.0 Å². The van der Waals surface area contributed by atoms with Crippen LogP contribution in [0.25, 0.3) is 5.69 Å². The summed E-state index contributed by atoms with van der Waals surface area (Å²) in [5, 5.41) is 21.6. The minimum absolute atomic E-state index is 0.320. The van der Waals surface area contributed by atoms with Gasteiger partial charge in [0.1, 0.15) is 12.4 Å². The Labute approximate surface area is 179 Å². The number of para-hydroxylation sites is 2. The Morgan fingerprint density at radius 3 is 2.53 bits per heavy atom. The molecular formula is C21H23N7OS.